The Morgan fingerprint density at radius 2 is 1.84 bits per heavy atom. The minimum absolute atomic E-state index is 0. The Bertz CT molecular complexity index is 634. The summed E-state index contributed by atoms with van der Waals surface area (Å²) in [5.41, 5.74) is 7.56. The number of carbonyl (C=O) groups is 1. The van der Waals surface area contributed by atoms with Crippen LogP contribution in [0.4, 0.5) is 11.4 Å². The van der Waals surface area contributed by atoms with E-state index in [2.05, 4.69) is 15.2 Å². The molecule has 1 heterocycles. The molecule has 0 unspecified atom stereocenters. The molecule has 0 atom stereocenters. The number of benzene rings is 1. The molecule has 0 bridgehead atoms. The van der Waals surface area contributed by atoms with Crippen molar-refractivity contribution in [1.29, 1.82) is 0 Å². The number of ether oxygens (including phenoxy) is 1. The third-order valence-corrected chi connectivity index (χ3v) is 3.13. The van der Waals surface area contributed by atoms with E-state index in [0.29, 0.717) is 18.0 Å². The number of nitrogens with zero attached hydrogens (tertiary/aromatic N) is 2. The number of pyridine rings is 1. The second-order valence-corrected chi connectivity index (χ2v) is 5.48. The first-order valence-corrected chi connectivity index (χ1v) is 7.41. The van der Waals surface area contributed by atoms with Gasteiger partial charge in [0.25, 0.3) is 0 Å². The summed E-state index contributed by atoms with van der Waals surface area (Å²) in [4.78, 5) is 18.1. The molecule has 0 radical (unpaired) electrons. The summed E-state index contributed by atoms with van der Waals surface area (Å²) >= 11 is 0. The lowest BCUT2D eigenvalue weighted by molar-refractivity contribution is -0.115. The molecule has 0 aliphatic heterocycles. The largest absolute Gasteiger partial charge is 0.492 e. The van der Waals surface area contributed by atoms with Crippen LogP contribution in [0.15, 0.2) is 42.6 Å². The molecule has 6 nitrogen and oxygen atoms in total. The van der Waals surface area contributed by atoms with Crippen molar-refractivity contribution in [2.24, 2.45) is 0 Å². The van der Waals surface area contributed by atoms with Crippen LogP contribution in [0.3, 0.4) is 0 Å². The summed E-state index contributed by atoms with van der Waals surface area (Å²) < 4.78 is 5.61. The highest BCUT2D eigenvalue weighted by Crippen LogP contribution is 2.16. The quantitative estimate of drug-likeness (QED) is 0.764. The van der Waals surface area contributed by atoms with Crippen molar-refractivity contribution in [1.82, 2.24) is 9.88 Å². The van der Waals surface area contributed by atoms with Gasteiger partial charge in [0.15, 0.2) is 0 Å². The van der Waals surface area contributed by atoms with Gasteiger partial charge in [-0.15, -0.1) is 24.8 Å². The van der Waals surface area contributed by atoms with Crippen molar-refractivity contribution < 1.29 is 9.53 Å². The summed E-state index contributed by atoms with van der Waals surface area (Å²) in [6, 6.07) is 10.8. The highest BCUT2D eigenvalue weighted by atomic mass is 35.5. The number of hydrogen-bond donors (Lipinski definition) is 2. The maximum absolute atomic E-state index is 12.0. The monoisotopic (exact) mass is 386 g/mol. The first-order chi connectivity index (χ1) is 11.0. The lowest BCUT2D eigenvalue weighted by atomic mass is 10.2. The molecular weight excluding hydrogens is 363 g/mol. The average Bonchev–Trinajstić information content (AvgIpc) is 2.51. The first-order valence-electron chi connectivity index (χ1n) is 7.41. The lowest BCUT2D eigenvalue weighted by Gasteiger charge is -2.11. The number of carbonyl (C=O) groups excluding carboxylic acids is 1. The highest BCUT2D eigenvalue weighted by Gasteiger charge is 2.05. The van der Waals surface area contributed by atoms with Gasteiger partial charge in [-0.1, -0.05) is 0 Å². The molecule has 0 spiro atoms. The predicted octanol–water partition coefficient (Wildman–Crippen LogP) is 2.63. The van der Waals surface area contributed by atoms with Crippen molar-refractivity contribution in [3.8, 4) is 5.75 Å². The second-order valence-electron chi connectivity index (χ2n) is 5.48. The van der Waals surface area contributed by atoms with Gasteiger partial charge in [-0.05, 0) is 50.5 Å². The standard InChI is InChI=1S/C17H22N4O2.2ClH/c1-21(2)9-10-23-16-7-5-14(6-8-16)20-17(22)11-15-4-3-13(18)12-19-15;;/h3-8,12H,9-11,18H2,1-2H3,(H,20,22);2*1H. The van der Waals surface area contributed by atoms with Crippen molar-refractivity contribution in [3.63, 3.8) is 0 Å². The first kappa shape index (κ1) is 23.0. The number of aromatic nitrogens is 1. The van der Waals surface area contributed by atoms with Gasteiger partial charge in [-0.2, -0.15) is 0 Å². The van der Waals surface area contributed by atoms with Crippen LogP contribution in [-0.2, 0) is 11.2 Å². The number of halogens is 2. The van der Waals surface area contributed by atoms with Crippen LogP contribution >= 0.6 is 24.8 Å². The fraction of sp³-hybridized carbons (Fsp3) is 0.294. The molecule has 0 saturated carbocycles. The topological polar surface area (TPSA) is 80.5 Å². The summed E-state index contributed by atoms with van der Waals surface area (Å²) in [6.45, 7) is 1.48. The van der Waals surface area contributed by atoms with Gasteiger partial charge in [0.2, 0.25) is 5.91 Å². The zero-order valence-electron chi connectivity index (χ0n) is 14.3. The van der Waals surface area contributed by atoms with Gasteiger partial charge in [0, 0.05) is 17.9 Å². The number of anilines is 2. The predicted molar refractivity (Wildman–Crippen MR) is 106 cm³/mol. The second kappa shape index (κ2) is 11.5. The molecule has 1 aromatic heterocycles. The Balaban J connectivity index is 0.00000288. The van der Waals surface area contributed by atoms with E-state index in [1.54, 1.807) is 18.3 Å². The maximum Gasteiger partial charge on any atom is 0.230 e. The van der Waals surface area contributed by atoms with Crippen molar-refractivity contribution in [2.45, 2.75) is 6.42 Å². The number of nitrogens with two attached hydrogens (primary N) is 1. The number of likely N-dealkylation sites (N-methyl/N-ethyl adjacent to an activating group) is 1. The van der Waals surface area contributed by atoms with Crippen molar-refractivity contribution in [2.75, 3.05) is 38.3 Å². The molecule has 1 amide bonds. The minimum Gasteiger partial charge on any atom is -0.492 e. The van der Waals surface area contributed by atoms with Crippen LogP contribution in [0.2, 0.25) is 0 Å². The smallest absolute Gasteiger partial charge is 0.230 e. The van der Waals surface area contributed by atoms with Crippen LogP contribution in [0.1, 0.15) is 5.69 Å². The molecule has 2 rings (SSSR count). The zero-order valence-corrected chi connectivity index (χ0v) is 15.9. The van der Waals surface area contributed by atoms with Crippen LogP contribution < -0.4 is 15.8 Å². The number of nitrogens with one attached hydrogen (secondary N) is 1. The molecule has 0 fully saturated rings. The molecular formula is C17H24Cl2N4O2. The van der Waals surface area contributed by atoms with E-state index in [9.17, 15) is 4.79 Å². The van der Waals surface area contributed by atoms with Gasteiger partial charge in [0.1, 0.15) is 12.4 Å². The van der Waals surface area contributed by atoms with E-state index in [0.717, 1.165) is 18.0 Å². The van der Waals surface area contributed by atoms with Crippen LogP contribution in [0.5, 0.6) is 5.75 Å². The summed E-state index contributed by atoms with van der Waals surface area (Å²) in [5.74, 6) is 0.661. The van der Waals surface area contributed by atoms with Crippen LogP contribution in [0, 0.1) is 0 Å². The molecule has 0 aliphatic rings. The Labute approximate surface area is 160 Å². The SMILES string of the molecule is CN(C)CCOc1ccc(NC(=O)Cc2ccc(N)cn2)cc1.Cl.Cl. The third-order valence-electron chi connectivity index (χ3n) is 3.13. The molecule has 1 aromatic carbocycles. The van der Waals surface area contributed by atoms with Gasteiger partial charge in [-0.3, -0.25) is 9.78 Å². The number of hydrogen-bond acceptors (Lipinski definition) is 5. The van der Waals surface area contributed by atoms with E-state index in [4.69, 9.17) is 10.5 Å². The fourth-order valence-electron chi connectivity index (χ4n) is 1.89. The third kappa shape index (κ3) is 8.58. The number of rotatable bonds is 7. The number of nitrogen functional groups attached to an aromatic ring is 1. The fourth-order valence-corrected chi connectivity index (χ4v) is 1.89. The highest BCUT2D eigenvalue weighted by molar-refractivity contribution is 5.92. The Kier molecular flexibility index (Phi) is 10.6. The molecule has 3 N–H and O–H groups in total. The van der Waals surface area contributed by atoms with E-state index in [1.807, 2.05) is 38.4 Å². The summed E-state index contributed by atoms with van der Waals surface area (Å²) in [7, 11) is 4.00. The maximum atomic E-state index is 12.0. The Morgan fingerprint density at radius 3 is 2.40 bits per heavy atom. The van der Waals surface area contributed by atoms with E-state index in [1.165, 1.54) is 0 Å². The average molecular weight is 387 g/mol. The molecule has 2 aromatic rings. The summed E-state index contributed by atoms with van der Waals surface area (Å²) in [6.07, 6.45) is 1.75. The van der Waals surface area contributed by atoms with Crippen molar-refractivity contribution in [3.05, 3.63) is 48.3 Å². The van der Waals surface area contributed by atoms with Gasteiger partial charge in [0.05, 0.1) is 18.3 Å². The van der Waals surface area contributed by atoms with E-state index < -0.39 is 0 Å². The summed E-state index contributed by atoms with van der Waals surface area (Å²) in [5, 5.41) is 2.83. The van der Waals surface area contributed by atoms with E-state index >= 15 is 0 Å². The molecule has 25 heavy (non-hydrogen) atoms. The molecule has 0 aliphatic carbocycles. The molecule has 0 saturated heterocycles. The Morgan fingerprint density at radius 1 is 1.16 bits per heavy atom. The minimum atomic E-state index is -0.122. The van der Waals surface area contributed by atoms with Crippen LogP contribution in [-0.4, -0.2) is 43.0 Å². The lowest BCUT2D eigenvalue weighted by Crippen LogP contribution is -2.19. The Hall–Kier alpha value is -2.02. The van der Waals surface area contributed by atoms with Crippen molar-refractivity contribution >= 4 is 42.1 Å². The molecule has 8 heteroatoms. The normalized spacial score (nSPS) is 9.72. The van der Waals surface area contributed by atoms with Gasteiger partial charge >= 0.3 is 0 Å². The van der Waals surface area contributed by atoms with Gasteiger partial charge in [-0.25, -0.2) is 0 Å². The van der Waals surface area contributed by atoms with E-state index in [-0.39, 0.29) is 37.1 Å². The van der Waals surface area contributed by atoms with Crippen LogP contribution in [0.25, 0.3) is 0 Å². The van der Waals surface area contributed by atoms with Gasteiger partial charge < -0.3 is 20.7 Å². The zero-order chi connectivity index (χ0) is 16.7. The molecule has 138 valence electrons. The number of amides is 1.